The smallest absolute Gasteiger partial charge is 0.266 e. The number of hydrogen-bond donors (Lipinski definition) is 0. The Morgan fingerprint density at radius 1 is 1.26 bits per heavy atom. The molecule has 146 valence electrons. The van der Waals surface area contributed by atoms with E-state index in [0.29, 0.717) is 38.0 Å². The molecule has 2 fully saturated rings. The normalized spacial score (nSPS) is 18.5. The highest BCUT2D eigenvalue weighted by Crippen LogP contribution is 2.21. The number of anilines is 1. The van der Waals surface area contributed by atoms with Crippen LogP contribution in [0.15, 0.2) is 22.8 Å². The van der Waals surface area contributed by atoms with Crippen LogP contribution in [0.4, 0.5) is 5.95 Å². The second-order valence-electron chi connectivity index (χ2n) is 6.53. The van der Waals surface area contributed by atoms with Gasteiger partial charge in [-0.2, -0.15) is 4.80 Å². The molecule has 2 aromatic rings. The second kappa shape index (κ2) is 7.27. The fourth-order valence-electron chi connectivity index (χ4n) is 2.99. The zero-order valence-electron chi connectivity index (χ0n) is 14.6. The number of ether oxygens (including phenoxy) is 1. The molecule has 12 heteroatoms. The summed E-state index contributed by atoms with van der Waals surface area (Å²) in [6.07, 6.45) is 1.44. The van der Waals surface area contributed by atoms with Gasteiger partial charge in [-0.3, -0.25) is 4.79 Å². The number of aromatic nitrogens is 4. The van der Waals surface area contributed by atoms with Gasteiger partial charge in [-0.25, -0.2) is 8.42 Å². The SMILES string of the molecule is O=C(Cn1nnc(N2CCOCC2)n1)N1CC(S(=O)(=O)Cc2ccco2)C1. The van der Waals surface area contributed by atoms with Gasteiger partial charge in [0.1, 0.15) is 18.1 Å². The van der Waals surface area contributed by atoms with Crippen LogP contribution in [0.2, 0.25) is 0 Å². The van der Waals surface area contributed by atoms with Crippen LogP contribution in [0.5, 0.6) is 0 Å². The van der Waals surface area contributed by atoms with E-state index >= 15 is 0 Å². The van der Waals surface area contributed by atoms with E-state index in [1.807, 2.05) is 4.90 Å². The minimum atomic E-state index is -3.35. The molecule has 0 saturated carbocycles. The van der Waals surface area contributed by atoms with Crippen LogP contribution in [0.1, 0.15) is 5.76 Å². The molecule has 4 heterocycles. The van der Waals surface area contributed by atoms with Crippen LogP contribution in [0, 0.1) is 0 Å². The quantitative estimate of drug-likeness (QED) is 0.600. The molecule has 0 atom stereocenters. The number of rotatable bonds is 6. The molecule has 0 spiro atoms. The standard InChI is InChI=1S/C15H20N6O5S/c22-14(10-21-17-15(16-18-21)19-3-6-25-7-4-19)20-8-13(9-20)27(23,24)11-12-2-1-5-26-12/h1-2,5,13H,3-4,6-11H2. The van der Waals surface area contributed by atoms with Gasteiger partial charge in [0.25, 0.3) is 5.95 Å². The molecule has 0 aromatic carbocycles. The van der Waals surface area contributed by atoms with E-state index in [4.69, 9.17) is 9.15 Å². The highest BCUT2D eigenvalue weighted by atomic mass is 32.2. The lowest BCUT2D eigenvalue weighted by Gasteiger charge is -2.38. The number of morpholine rings is 1. The Morgan fingerprint density at radius 3 is 2.74 bits per heavy atom. The highest BCUT2D eigenvalue weighted by Gasteiger charge is 2.40. The Labute approximate surface area is 155 Å². The first-order valence-corrected chi connectivity index (χ1v) is 10.3. The van der Waals surface area contributed by atoms with Gasteiger partial charge in [-0.1, -0.05) is 5.10 Å². The Kier molecular flexibility index (Phi) is 4.83. The first-order valence-electron chi connectivity index (χ1n) is 8.63. The molecule has 2 saturated heterocycles. The number of tetrazole rings is 1. The Bertz CT molecular complexity index is 884. The largest absolute Gasteiger partial charge is 0.468 e. The lowest BCUT2D eigenvalue weighted by Crippen LogP contribution is -2.57. The summed E-state index contributed by atoms with van der Waals surface area (Å²) >= 11 is 0. The number of carbonyl (C=O) groups excluding carboxylic acids is 1. The number of nitrogens with zero attached hydrogens (tertiary/aromatic N) is 6. The molecule has 27 heavy (non-hydrogen) atoms. The van der Waals surface area contributed by atoms with Crippen LogP contribution in [-0.4, -0.2) is 84.1 Å². The summed E-state index contributed by atoms with van der Waals surface area (Å²) in [5, 5.41) is 11.5. The minimum Gasteiger partial charge on any atom is -0.468 e. The van der Waals surface area contributed by atoms with Crippen molar-refractivity contribution < 1.29 is 22.4 Å². The average Bonchev–Trinajstić information content (AvgIpc) is 3.25. The molecule has 0 bridgehead atoms. The molecule has 0 aliphatic carbocycles. The molecular weight excluding hydrogens is 376 g/mol. The average molecular weight is 396 g/mol. The Morgan fingerprint density at radius 2 is 2.04 bits per heavy atom. The van der Waals surface area contributed by atoms with Crippen molar-refractivity contribution in [2.24, 2.45) is 0 Å². The molecule has 0 unspecified atom stereocenters. The highest BCUT2D eigenvalue weighted by molar-refractivity contribution is 7.91. The predicted octanol–water partition coefficient (Wildman–Crippen LogP) is -1.07. The van der Waals surface area contributed by atoms with Gasteiger partial charge in [0.15, 0.2) is 9.84 Å². The first-order chi connectivity index (χ1) is 13.0. The van der Waals surface area contributed by atoms with Crippen molar-refractivity contribution in [2.75, 3.05) is 44.3 Å². The second-order valence-corrected chi connectivity index (χ2v) is 8.81. The van der Waals surface area contributed by atoms with Crippen LogP contribution in [0.3, 0.4) is 0 Å². The van der Waals surface area contributed by atoms with Crippen LogP contribution in [-0.2, 0) is 31.7 Å². The topological polar surface area (TPSA) is 124 Å². The van der Waals surface area contributed by atoms with Crippen LogP contribution in [0.25, 0.3) is 0 Å². The van der Waals surface area contributed by atoms with Crippen LogP contribution < -0.4 is 4.90 Å². The monoisotopic (exact) mass is 396 g/mol. The van der Waals surface area contributed by atoms with Crippen LogP contribution >= 0.6 is 0 Å². The van der Waals surface area contributed by atoms with Gasteiger partial charge in [0.2, 0.25) is 5.91 Å². The molecule has 11 nitrogen and oxygen atoms in total. The molecule has 0 radical (unpaired) electrons. The number of amides is 1. The summed E-state index contributed by atoms with van der Waals surface area (Å²) in [5.41, 5.74) is 0. The summed E-state index contributed by atoms with van der Waals surface area (Å²) in [4.78, 5) is 17.0. The van der Waals surface area contributed by atoms with Gasteiger partial charge in [0, 0.05) is 26.2 Å². The lowest BCUT2D eigenvalue weighted by atomic mass is 10.2. The van der Waals surface area contributed by atoms with Gasteiger partial charge in [-0.05, 0) is 17.3 Å². The predicted molar refractivity (Wildman–Crippen MR) is 92.5 cm³/mol. The lowest BCUT2D eigenvalue weighted by molar-refractivity contribution is -0.135. The van der Waals surface area contributed by atoms with E-state index in [2.05, 4.69) is 15.4 Å². The first kappa shape index (κ1) is 17.9. The van der Waals surface area contributed by atoms with Crippen molar-refractivity contribution in [1.82, 2.24) is 25.1 Å². The molecule has 1 amide bonds. The maximum absolute atomic E-state index is 12.3. The molecule has 2 aliphatic heterocycles. The van der Waals surface area contributed by atoms with E-state index < -0.39 is 15.1 Å². The molecule has 2 aromatic heterocycles. The van der Waals surface area contributed by atoms with Gasteiger partial charge in [-0.15, -0.1) is 5.10 Å². The van der Waals surface area contributed by atoms with Crippen molar-refractivity contribution in [3.8, 4) is 0 Å². The van der Waals surface area contributed by atoms with E-state index in [1.54, 1.807) is 12.1 Å². The van der Waals surface area contributed by atoms with E-state index in [-0.39, 0.29) is 31.3 Å². The van der Waals surface area contributed by atoms with Gasteiger partial charge < -0.3 is 19.0 Å². The third kappa shape index (κ3) is 3.95. The molecule has 2 aliphatic rings. The molecular formula is C15H20N6O5S. The summed E-state index contributed by atoms with van der Waals surface area (Å²) in [6.45, 7) is 2.86. The maximum atomic E-state index is 12.3. The number of sulfone groups is 1. The van der Waals surface area contributed by atoms with E-state index in [0.717, 1.165) is 0 Å². The summed E-state index contributed by atoms with van der Waals surface area (Å²) in [5.74, 6) is 0.487. The number of carbonyl (C=O) groups is 1. The van der Waals surface area contributed by atoms with Gasteiger partial charge >= 0.3 is 0 Å². The third-order valence-corrected chi connectivity index (χ3v) is 6.65. The van der Waals surface area contributed by atoms with Crippen molar-refractivity contribution >= 4 is 21.7 Å². The molecule has 0 N–H and O–H groups in total. The Hall–Kier alpha value is -2.47. The van der Waals surface area contributed by atoms with Crippen molar-refractivity contribution in [3.63, 3.8) is 0 Å². The number of likely N-dealkylation sites (tertiary alicyclic amines) is 1. The van der Waals surface area contributed by atoms with Gasteiger partial charge in [0.05, 0.1) is 24.7 Å². The Balaban J connectivity index is 1.28. The fourth-order valence-corrected chi connectivity index (χ4v) is 4.60. The summed E-state index contributed by atoms with van der Waals surface area (Å²) in [7, 11) is -3.35. The fraction of sp³-hybridized carbons (Fsp3) is 0.600. The number of furan rings is 1. The summed E-state index contributed by atoms with van der Waals surface area (Å²) in [6, 6.07) is 3.28. The number of hydrogen-bond acceptors (Lipinski definition) is 9. The molecule has 4 rings (SSSR count). The van der Waals surface area contributed by atoms with E-state index in [9.17, 15) is 13.2 Å². The zero-order chi connectivity index (χ0) is 18.9. The maximum Gasteiger partial charge on any atom is 0.266 e. The van der Waals surface area contributed by atoms with Crippen molar-refractivity contribution in [2.45, 2.75) is 17.5 Å². The zero-order valence-corrected chi connectivity index (χ0v) is 15.4. The minimum absolute atomic E-state index is 0.0672. The third-order valence-electron chi connectivity index (χ3n) is 4.65. The van der Waals surface area contributed by atoms with Crippen molar-refractivity contribution in [3.05, 3.63) is 24.2 Å². The van der Waals surface area contributed by atoms with E-state index in [1.165, 1.54) is 16.0 Å². The van der Waals surface area contributed by atoms with Crippen molar-refractivity contribution in [1.29, 1.82) is 0 Å². The summed E-state index contributed by atoms with van der Waals surface area (Å²) < 4.78 is 35.0.